The first kappa shape index (κ1) is 41.2. The SMILES string of the molecule is C=C(CN/C(=C(/CC)ON=[N+]=[N-])C(C)NCC[C@H](Cc1ccccn1)NC(=O)c1cc(C(=O)NCc2ccc(Br)cc2)cc(N2CCOC2=O)c1)NCC. The van der Waals surface area contributed by atoms with Gasteiger partial charge in [0.15, 0.2) is 0 Å². The number of carbonyl (C=O) groups is 3. The third-order valence-electron chi connectivity index (χ3n) is 8.50. The van der Waals surface area contributed by atoms with Crippen LogP contribution >= 0.6 is 15.9 Å². The van der Waals surface area contributed by atoms with Crippen LogP contribution in [0.5, 0.6) is 0 Å². The zero-order valence-electron chi connectivity index (χ0n) is 30.7. The fourth-order valence-electron chi connectivity index (χ4n) is 5.76. The first-order valence-electron chi connectivity index (χ1n) is 17.8. The maximum absolute atomic E-state index is 14.0. The lowest BCUT2D eigenvalue weighted by Gasteiger charge is -2.24. The number of allylic oxidation sites excluding steroid dienone is 1. The summed E-state index contributed by atoms with van der Waals surface area (Å²) in [6.45, 7) is 12.3. The molecule has 16 heteroatoms. The average molecular weight is 804 g/mol. The van der Waals surface area contributed by atoms with Crippen LogP contribution in [0.4, 0.5) is 10.5 Å². The molecule has 1 aliphatic heterocycles. The number of hydrogen-bond donors (Lipinski definition) is 5. The number of nitrogens with zero attached hydrogens (tertiary/aromatic N) is 5. The molecule has 4 rings (SSSR count). The summed E-state index contributed by atoms with van der Waals surface area (Å²) in [4.78, 5) is 53.9. The molecule has 286 valence electrons. The number of benzene rings is 2. The number of likely N-dealkylation sites (N-methyl/N-ethyl adjacent to an activating group) is 1. The number of ether oxygens (including phenoxy) is 1. The number of amides is 3. The minimum Gasteiger partial charge on any atom is -0.447 e. The number of rotatable bonds is 21. The minimum atomic E-state index is -0.549. The Morgan fingerprint density at radius 1 is 1.09 bits per heavy atom. The Hall–Kier alpha value is -5.57. The van der Waals surface area contributed by atoms with Gasteiger partial charge in [0.2, 0.25) is 0 Å². The Bertz CT molecular complexity index is 1830. The Balaban J connectivity index is 1.54. The molecule has 0 spiro atoms. The zero-order valence-corrected chi connectivity index (χ0v) is 32.3. The second-order valence-electron chi connectivity index (χ2n) is 12.4. The molecule has 1 aromatic heterocycles. The molecule has 0 saturated carbocycles. The van der Waals surface area contributed by atoms with E-state index in [-0.39, 0.29) is 42.9 Å². The molecule has 2 heterocycles. The fourth-order valence-corrected chi connectivity index (χ4v) is 6.03. The monoisotopic (exact) mass is 802 g/mol. The molecule has 0 bridgehead atoms. The third kappa shape index (κ3) is 12.5. The van der Waals surface area contributed by atoms with Crippen molar-refractivity contribution in [3.63, 3.8) is 0 Å². The molecule has 5 N–H and O–H groups in total. The van der Waals surface area contributed by atoms with Crippen LogP contribution in [0, 0.1) is 0 Å². The van der Waals surface area contributed by atoms with Gasteiger partial charge in [-0.05, 0) is 80.4 Å². The van der Waals surface area contributed by atoms with Crippen LogP contribution in [0.2, 0.25) is 0 Å². The van der Waals surface area contributed by atoms with Crippen molar-refractivity contribution in [2.45, 2.75) is 58.7 Å². The Morgan fingerprint density at radius 3 is 2.50 bits per heavy atom. The van der Waals surface area contributed by atoms with Crippen LogP contribution in [0.1, 0.15) is 65.6 Å². The standard InChI is InChI=1S/C38H47BrN10O5/c1-5-34(54-48-47-40)35(44-23-25(3)41-6-2)26(4)42-16-14-32(22-31-9-7-8-15-43-31)46-37(51)29-19-28(20-33(21-29)49-17-18-53-38(49)52)36(50)45-24-27-10-12-30(39)13-11-27/h7-13,15,19-21,26,32,41-42,44H,3,5-6,14,16-18,22-24H2,1-2,4H3,(H,45,50)(H,46,51)/b35-34-/t26?,32-/m1/s1. The molecular formula is C38H47BrN10O5. The van der Waals surface area contributed by atoms with Gasteiger partial charge in [-0.15, -0.1) is 0 Å². The highest BCUT2D eigenvalue weighted by molar-refractivity contribution is 9.10. The Morgan fingerprint density at radius 2 is 1.85 bits per heavy atom. The first-order chi connectivity index (χ1) is 26.1. The largest absolute Gasteiger partial charge is 0.447 e. The number of cyclic esters (lactones) is 1. The molecular weight excluding hydrogens is 756 g/mol. The van der Waals surface area contributed by atoms with Crippen LogP contribution in [0.15, 0.2) is 100 Å². The van der Waals surface area contributed by atoms with Gasteiger partial charge in [-0.1, -0.05) is 47.6 Å². The van der Waals surface area contributed by atoms with Crippen molar-refractivity contribution in [2.24, 2.45) is 5.28 Å². The summed E-state index contributed by atoms with van der Waals surface area (Å²) in [7, 11) is 0. The summed E-state index contributed by atoms with van der Waals surface area (Å²) in [6.07, 6.45) is 2.56. The number of hydrogen-bond acceptors (Lipinski definition) is 10. The van der Waals surface area contributed by atoms with Gasteiger partial charge in [-0.2, -0.15) is 0 Å². The van der Waals surface area contributed by atoms with Crippen molar-refractivity contribution in [3.8, 4) is 0 Å². The van der Waals surface area contributed by atoms with Gasteiger partial charge >= 0.3 is 6.09 Å². The number of azide groups is 1. The van der Waals surface area contributed by atoms with E-state index >= 15 is 0 Å². The van der Waals surface area contributed by atoms with Gasteiger partial charge in [0.1, 0.15) is 17.6 Å². The van der Waals surface area contributed by atoms with Crippen LogP contribution < -0.4 is 31.5 Å². The molecule has 0 aliphatic carbocycles. The molecule has 1 saturated heterocycles. The molecule has 1 aliphatic rings. The lowest BCUT2D eigenvalue weighted by atomic mass is 10.0. The van der Waals surface area contributed by atoms with Crippen LogP contribution in [0.3, 0.4) is 0 Å². The molecule has 2 atom stereocenters. The molecule has 2 aromatic carbocycles. The summed E-state index contributed by atoms with van der Waals surface area (Å²) in [5.74, 6) is -0.332. The number of anilines is 1. The van der Waals surface area contributed by atoms with Gasteiger partial charge < -0.3 is 36.2 Å². The summed E-state index contributed by atoms with van der Waals surface area (Å²) < 4.78 is 6.07. The second kappa shape index (κ2) is 21.2. The lowest BCUT2D eigenvalue weighted by molar-refractivity contribution is 0.0934. The first-order valence-corrected chi connectivity index (χ1v) is 18.6. The quantitative estimate of drug-likeness (QED) is 0.0282. The van der Waals surface area contributed by atoms with E-state index < -0.39 is 17.9 Å². The molecule has 3 amide bonds. The van der Waals surface area contributed by atoms with Crippen molar-refractivity contribution in [1.82, 2.24) is 31.6 Å². The van der Waals surface area contributed by atoms with Crippen molar-refractivity contribution in [2.75, 3.05) is 37.7 Å². The van der Waals surface area contributed by atoms with Crippen LogP contribution in [0.25, 0.3) is 10.4 Å². The van der Waals surface area contributed by atoms with Gasteiger partial charge in [0, 0.05) is 81.8 Å². The van der Waals surface area contributed by atoms with E-state index in [0.29, 0.717) is 49.5 Å². The Labute approximate surface area is 323 Å². The maximum Gasteiger partial charge on any atom is 0.414 e. The van der Waals surface area contributed by atoms with Crippen molar-refractivity contribution < 1.29 is 24.0 Å². The highest BCUT2D eigenvalue weighted by Crippen LogP contribution is 2.24. The average Bonchev–Trinajstić information content (AvgIpc) is 3.61. The van der Waals surface area contributed by atoms with Crippen LogP contribution in [-0.4, -0.2) is 67.8 Å². The highest BCUT2D eigenvalue weighted by atomic mass is 79.9. The number of nitrogens with one attached hydrogen (secondary N) is 5. The summed E-state index contributed by atoms with van der Waals surface area (Å²) >= 11 is 3.42. The summed E-state index contributed by atoms with van der Waals surface area (Å²) in [5, 5.41) is 19.4. The van der Waals surface area contributed by atoms with E-state index in [9.17, 15) is 14.4 Å². The second-order valence-corrected chi connectivity index (χ2v) is 13.4. The predicted octanol–water partition coefficient (Wildman–Crippen LogP) is 6.02. The molecule has 15 nitrogen and oxygen atoms in total. The van der Waals surface area contributed by atoms with Crippen molar-refractivity contribution in [3.05, 3.63) is 128 Å². The minimum absolute atomic E-state index is 0.201. The number of pyridine rings is 1. The molecule has 3 aromatic rings. The molecule has 0 radical (unpaired) electrons. The zero-order chi connectivity index (χ0) is 38.9. The van der Waals surface area contributed by atoms with E-state index in [4.69, 9.17) is 15.1 Å². The number of aromatic nitrogens is 1. The fraction of sp³-hybridized carbons (Fsp3) is 0.368. The van der Waals surface area contributed by atoms with Crippen molar-refractivity contribution >= 4 is 39.5 Å². The lowest BCUT2D eigenvalue weighted by Crippen LogP contribution is -2.42. The normalized spacial score (nSPS) is 13.8. The highest BCUT2D eigenvalue weighted by Gasteiger charge is 2.27. The van der Waals surface area contributed by atoms with Gasteiger partial charge in [-0.25, -0.2) is 4.79 Å². The topological polar surface area (TPSA) is 195 Å². The van der Waals surface area contributed by atoms with Gasteiger partial charge in [0.05, 0.1) is 18.8 Å². The van der Waals surface area contributed by atoms with E-state index in [1.54, 1.807) is 18.3 Å². The smallest absolute Gasteiger partial charge is 0.414 e. The third-order valence-corrected chi connectivity index (χ3v) is 9.03. The molecule has 54 heavy (non-hydrogen) atoms. The van der Waals surface area contributed by atoms with Gasteiger partial charge in [-0.3, -0.25) is 19.5 Å². The number of halogens is 1. The Kier molecular flexibility index (Phi) is 16.2. The van der Waals surface area contributed by atoms with E-state index in [1.165, 1.54) is 11.0 Å². The van der Waals surface area contributed by atoms with Crippen molar-refractivity contribution in [1.29, 1.82) is 0 Å². The predicted molar refractivity (Wildman–Crippen MR) is 210 cm³/mol. The summed E-state index contributed by atoms with van der Waals surface area (Å²) in [5.41, 5.74) is 12.9. The maximum atomic E-state index is 14.0. The van der Waals surface area contributed by atoms with Gasteiger partial charge in [0.25, 0.3) is 11.8 Å². The van der Waals surface area contributed by atoms with E-state index in [2.05, 4.69) is 64.3 Å². The van der Waals surface area contributed by atoms with E-state index in [0.717, 1.165) is 28.0 Å². The van der Waals surface area contributed by atoms with Crippen LogP contribution in [-0.2, 0) is 22.5 Å². The molecule has 1 unspecified atom stereocenters. The summed E-state index contributed by atoms with van der Waals surface area (Å²) in [6, 6.07) is 17.2. The number of carbonyl (C=O) groups excluding carboxylic acids is 3. The molecule has 1 fully saturated rings. The van der Waals surface area contributed by atoms with E-state index in [1.807, 2.05) is 63.2 Å².